The van der Waals surface area contributed by atoms with Gasteiger partial charge in [-0.1, -0.05) is 18.2 Å². The van der Waals surface area contributed by atoms with Crippen molar-refractivity contribution in [3.05, 3.63) is 84.6 Å². The zero-order valence-corrected chi connectivity index (χ0v) is 22.8. The number of ether oxygens (including phenoxy) is 3. The predicted molar refractivity (Wildman–Crippen MR) is 152 cm³/mol. The van der Waals surface area contributed by atoms with Crippen LogP contribution in [-0.2, 0) is 4.79 Å². The highest BCUT2D eigenvalue weighted by molar-refractivity contribution is 5.99. The number of methoxy groups -OCH3 is 3. The van der Waals surface area contributed by atoms with Gasteiger partial charge in [0.1, 0.15) is 12.3 Å². The van der Waals surface area contributed by atoms with Gasteiger partial charge in [-0.25, -0.2) is 4.98 Å². The first-order valence-corrected chi connectivity index (χ1v) is 13.1. The lowest BCUT2D eigenvalue weighted by Gasteiger charge is -2.22. The quantitative estimate of drug-likeness (QED) is 0.286. The summed E-state index contributed by atoms with van der Waals surface area (Å²) in [7, 11) is 4.76. The van der Waals surface area contributed by atoms with Gasteiger partial charge < -0.3 is 19.1 Å². The molecule has 206 valence electrons. The molecule has 0 spiro atoms. The lowest BCUT2D eigenvalue weighted by Crippen LogP contribution is -2.39. The van der Waals surface area contributed by atoms with Crippen LogP contribution in [0.15, 0.2) is 79.0 Å². The van der Waals surface area contributed by atoms with E-state index >= 15 is 0 Å². The lowest BCUT2D eigenvalue weighted by atomic mass is 10.1. The molecule has 2 amide bonds. The highest BCUT2D eigenvalue weighted by Crippen LogP contribution is 2.33. The molecule has 0 radical (unpaired) electrons. The number of hydrogen-bond acceptors (Lipinski definition) is 6. The monoisotopic (exact) mass is 540 g/mol. The van der Waals surface area contributed by atoms with Crippen molar-refractivity contribution >= 4 is 17.8 Å². The number of carbonyl (C=O) groups is 2. The molecule has 1 aromatic heterocycles. The summed E-state index contributed by atoms with van der Waals surface area (Å²) in [5.74, 6) is 2.11. The normalized spacial score (nSPS) is 12.5. The number of carbonyl (C=O) groups excluding carboxylic acids is 2. The van der Waals surface area contributed by atoms with Crippen LogP contribution < -0.4 is 19.5 Å². The molecule has 1 fully saturated rings. The number of rotatable bonds is 11. The molecule has 9 nitrogen and oxygen atoms in total. The Bertz CT molecular complexity index is 1480. The number of imidazole rings is 1. The molecular weight excluding hydrogens is 508 g/mol. The molecule has 0 atom stereocenters. The van der Waals surface area contributed by atoms with Crippen LogP contribution in [0.3, 0.4) is 0 Å². The lowest BCUT2D eigenvalue weighted by molar-refractivity contribution is -0.117. The van der Waals surface area contributed by atoms with Gasteiger partial charge in [0.15, 0.2) is 11.5 Å². The second kappa shape index (κ2) is 11.9. The fourth-order valence-electron chi connectivity index (χ4n) is 4.47. The minimum Gasteiger partial charge on any atom is -0.497 e. The van der Waals surface area contributed by atoms with Crippen LogP contribution in [0.5, 0.6) is 17.2 Å². The summed E-state index contributed by atoms with van der Waals surface area (Å²) < 4.78 is 17.9. The Balaban J connectivity index is 1.45. The number of hydrogen-bond donors (Lipinski definition) is 1. The summed E-state index contributed by atoms with van der Waals surface area (Å²) in [5.41, 5.74) is 2.79. The number of nitrogens with one attached hydrogen (secondary N) is 1. The molecule has 0 bridgehead atoms. The minimum absolute atomic E-state index is 0.0824. The highest BCUT2D eigenvalue weighted by atomic mass is 16.5. The maximum atomic E-state index is 13.4. The third-order valence-corrected chi connectivity index (χ3v) is 6.81. The molecule has 40 heavy (non-hydrogen) atoms. The van der Waals surface area contributed by atoms with Gasteiger partial charge >= 0.3 is 0 Å². The summed E-state index contributed by atoms with van der Waals surface area (Å²) in [5, 5.41) is 2.94. The molecule has 1 N–H and O–H groups in total. The van der Waals surface area contributed by atoms with E-state index < -0.39 is 0 Å². The number of aromatic nitrogens is 2. The Kier molecular flexibility index (Phi) is 8.00. The van der Waals surface area contributed by atoms with Gasteiger partial charge in [-0.15, -0.1) is 0 Å². The molecule has 5 rings (SSSR count). The van der Waals surface area contributed by atoms with E-state index in [4.69, 9.17) is 19.2 Å². The van der Waals surface area contributed by atoms with Crippen molar-refractivity contribution in [3.63, 3.8) is 0 Å². The van der Waals surface area contributed by atoms with Gasteiger partial charge in [-0.05, 0) is 67.3 Å². The van der Waals surface area contributed by atoms with E-state index in [1.165, 1.54) is 0 Å². The van der Waals surface area contributed by atoms with E-state index in [1.54, 1.807) is 49.0 Å². The summed E-state index contributed by atoms with van der Waals surface area (Å²) >= 11 is 0. The van der Waals surface area contributed by atoms with Crippen molar-refractivity contribution in [1.82, 2.24) is 14.5 Å². The molecule has 1 saturated carbocycles. The van der Waals surface area contributed by atoms with Crippen molar-refractivity contribution in [2.45, 2.75) is 12.8 Å². The third kappa shape index (κ3) is 6.09. The second-order valence-electron chi connectivity index (χ2n) is 9.63. The average Bonchev–Trinajstić information content (AvgIpc) is 3.73. The van der Waals surface area contributed by atoms with Gasteiger partial charge in [0.25, 0.3) is 5.91 Å². The van der Waals surface area contributed by atoms with Gasteiger partial charge in [-0.3, -0.25) is 19.5 Å². The Morgan fingerprint density at radius 2 is 1.65 bits per heavy atom. The Labute approximate surface area is 233 Å². The molecule has 0 saturated heterocycles. The predicted octanol–water partition coefficient (Wildman–Crippen LogP) is 5.06. The van der Waals surface area contributed by atoms with Crippen LogP contribution >= 0.6 is 0 Å². The number of nitrogens with zero attached hydrogens (tertiary/aromatic N) is 3. The summed E-state index contributed by atoms with van der Waals surface area (Å²) in [4.78, 5) is 33.0. The maximum absolute atomic E-state index is 13.4. The first-order chi connectivity index (χ1) is 19.5. The number of benzene rings is 3. The summed E-state index contributed by atoms with van der Waals surface area (Å²) in [6, 6.07) is 22.0. The molecule has 1 aliphatic carbocycles. The standard InChI is InChI=1S/C31H32N4O5/c1-38-25-14-11-22(12-15-25)26-19-35(24-13-16-27(39-2)28(17-24)40-3)31(32-26)33-29(36)20-34(18-21-9-10-21)30(37)23-7-5-4-6-8-23/h4-8,11-17,19,21H,9-10,18,20H2,1-3H3,(H,32,33,36). The van der Waals surface area contributed by atoms with Crippen molar-refractivity contribution in [2.24, 2.45) is 5.92 Å². The van der Waals surface area contributed by atoms with Crippen molar-refractivity contribution < 1.29 is 23.8 Å². The first kappa shape index (κ1) is 26.8. The van der Waals surface area contributed by atoms with Crippen molar-refractivity contribution in [3.8, 4) is 34.2 Å². The Morgan fingerprint density at radius 1 is 0.925 bits per heavy atom. The van der Waals surface area contributed by atoms with Gasteiger partial charge in [0.2, 0.25) is 11.9 Å². The SMILES string of the molecule is COc1ccc(-c2cn(-c3ccc(OC)c(OC)c3)c(NC(=O)CN(CC3CC3)C(=O)c3ccccc3)n2)cc1. The van der Waals surface area contributed by atoms with E-state index in [-0.39, 0.29) is 18.4 Å². The van der Waals surface area contributed by atoms with Crippen LogP contribution in [-0.4, -0.2) is 60.7 Å². The average molecular weight is 541 g/mol. The topological polar surface area (TPSA) is 94.9 Å². The fourth-order valence-corrected chi connectivity index (χ4v) is 4.47. The van der Waals surface area contributed by atoms with Crippen LogP contribution in [0, 0.1) is 5.92 Å². The first-order valence-electron chi connectivity index (χ1n) is 13.1. The Hall–Kier alpha value is -4.79. The van der Waals surface area contributed by atoms with Crippen LogP contribution in [0.2, 0.25) is 0 Å². The van der Waals surface area contributed by atoms with Crippen LogP contribution in [0.1, 0.15) is 23.2 Å². The molecule has 1 heterocycles. The number of amides is 2. The minimum atomic E-state index is -0.335. The van der Waals surface area contributed by atoms with E-state index in [1.807, 2.05) is 60.8 Å². The van der Waals surface area contributed by atoms with Gasteiger partial charge in [0, 0.05) is 29.9 Å². The molecule has 0 unspecified atom stereocenters. The Morgan fingerprint density at radius 3 is 2.30 bits per heavy atom. The molecule has 9 heteroatoms. The summed E-state index contributed by atoms with van der Waals surface area (Å²) in [6.07, 6.45) is 3.97. The molecular formula is C31H32N4O5. The molecule has 3 aromatic carbocycles. The van der Waals surface area contributed by atoms with Crippen LogP contribution in [0.25, 0.3) is 16.9 Å². The van der Waals surface area contributed by atoms with E-state index in [0.717, 1.165) is 29.8 Å². The van der Waals surface area contributed by atoms with E-state index in [2.05, 4.69) is 5.32 Å². The zero-order valence-electron chi connectivity index (χ0n) is 22.8. The number of anilines is 1. The highest BCUT2D eigenvalue weighted by Gasteiger charge is 2.29. The van der Waals surface area contributed by atoms with Crippen LogP contribution in [0.4, 0.5) is 5.95 Å². The molecule has 4 aromatic rings. The molecule has 0 aliphatic heterocycles. The zero-order chi connectivity index (χ0) is 28.1. The second-order valence-corrected chi connectivity index (χ2v) is 9.63. The maximum Gasteiger partial charge on any atom is 0.254 e. The van der Waals surface area contributed by atoms with Crippen molar-refractivity contribution in [1.29, 1.82) is 0 Å². The largest absolute Gasteiger partial charge is 0.497 e. The van der Waals surface area contributed by atoms with Gasteiger partial charge in [-0.2, -0.15) is 0 Å². The van der Waals surface area contributed by atoms with E-state index in [0.29, 0.717) is 41.2 Å². The van der Waals surface area contributed by atoms with Gasteiger partial charge in [0.05, 0.1) is 32.7 Å². The molecule has 1 aliphatic rings. The fraction of sp³-hybridized carbons (Fsp3) is 0.258. The smallest absolute Gasteiger partial charge is 0.254 e. The third-order valence-electron chi connectivity index (χ3n) is 6.81. The van der Waals surface area contributed by atoms with E-state index in [9.17, 15) is 9.59 Å². The van der Waals surface area contributed by atoms with Crippen molar-refractivity contribution in [2.75, 3.05) is 39.7 Å². The summed E-state index contributed by atoms with van der Waals surface area (Å²) in [6.45, 7) is 0.462.